The SMILES string of the molecule is COc1cc(Cl)c(C)cc1NC(=O)COc1ccc(C)cc1OC. The van der Waals surface area contributed by atoms with Crippen LogP contribution in [0.4, 0.5) is 5.69 Å². The van der Waals surface area contributed by atoms with Gasteiger partial charge in [0.1, 0.15) is 5.75 Å². The molecule has 0 bridgehead atoms. The van der Waals surface area contributed by atoms with Crippen molar-refractivity contribution in [3.63, 3.8) is 0 Å². The lowest BCUT2D eigenvalue weighted by Crippen LogP contribution is -2.20. The molecule has 0 saturated heterocycles. The minimum Gasteiger partial charge on any atom is -0.495 e. The van der Waals surface area contributed by atoms with Gasteiger partial charge in [0.2, 0.25) is 0 Å². The molecule has 24 heavy (non-hydrogen) atoms. The van der Waals surface area contributed by atoms with Gasteiger partial charge in [0.25, 0.3) is 5.91 Å². The van der Waals surface area contributed by atoms with Crippen molar-refractivity contribution in [1.82, 2.24) is 0 Å². The molecule has 0 aromatic heterocycles. The van der Waals surface area contributed by atoms with E-state index < -0.39 is 0 Å². The standard InChI is InChI=1S/C18H20ClNO4/c1-11-5-6-15(17(7-11)23-4)24-10-18(21)20-14-8-12(2)13(19)9-16(14)22-3/h5-9H,10H2,1-4H3,(H,20,21). The van der Waals surface area contributed by atoms with Crippen molar-refractivity contribution in [1.29, 1.82) is 0 Å². The number of anilines is 1. The van der Waals surface area contributed by atoms with Crippen LogP contribution in [-0.4, -0.2) is 26.7 Å². The normalized spacial score (nSPS) is 10.2. The highest BCUT2D eigenvalue weighted by Gasteiger charge is 2.12. The second kappa shape index (κ2) is 7.93. The minimum absolute atomic E-state index is 0.149. The Balaban J connectivity index is 2.05. The van der Waals surface area contributed by atoms with Crippen molar-refractivity contribution in [3.05, 3.63) is 46.5 Å². The maximum absolute atomic E-state index is 12.2. The summed E-state index contributed by atoms with van der Waals surface area (Å²) in [7, 11) is 3.08. The van der Waals surface area contributed by atoms with Crippen LogP contribution in [0.2, 0.25) is 5.02 Å². The number of halogens is 1. The number of benzene rings is 2. The third-order valence-corrected chi connectivity index (χ3v) is 3.84. The van der Waals surface area contributed by atoms with Gasteiger partial charge in [-0.15, -0.1) is 0 Å². The summed E-state index contributed by atoms with van der Waals surface area (Å²) in [5.41, 5.74) is 2.43. The lowest BCUT2D eigenvalue weighted by molar-refractivity contribution is -0.118. The highest BCUT2D eigenvalue weighted by Crippen LogP contribution is 2.31. The number of rotatable bonds is 6. The van der Waals surface area contributed by atoms with Crippen LogP contribution in [0.5, 0.6) is 17.2 Å². The molecule has 2 aromatic rings. The highest BCUT2D eigenvalue weighted by atomic mass is 35.5. The molecule has 0 heterocycles. The van der Waals surface area contributed by atoms with Gasteiger partial charge < -0.3 is 19.5 Å². The van der Waals surface area contributed by atoms with Crippen LogP contribution >= 0.6 is 11.6 Å². The number of methoxy groups -OCH3 is 2. The molecular formula is C18H20ClNO4. The van der Waals surface area contributed by atoms with E-state index >= 15 is 0 Å². The summed E-state index contributed by atoms with van der Waals surface area (Å²) in [6.45, 7) is 3.66. The smallest absolute Gasteiger partial charge is 0.262 e. The van der Waals surface area contributed by atoms with Gasteiger partial charge >= 0.3 is 0 Å². The Kier molecular flexibility index (Phi) is 5.93. The molecule has 0 aliphatic carbocycles. The van der Waals surface area contributed by atoms with E-state index in [2.05, 4.69) is 5.32 Å². The van der Waals surface area contributed by atoms with E-state index in [0.29, 0.717) is 28.0 Å². The molecule has 0 spiro atoms. The lowest BCUT2D eigenvalue weighted by atomic mass is 10.2. The monoisotopic (exact) mass is 349 g/mol. The number of aryl methyl sites for hydroxylation is 2. The molecule has 0 unspecified atom stereocenters. The van der Waals surface area contributed by atoms with Gasteiger partial charge in [-0.25, -0.2) is 0 Å². The molecular weight excluding hydrogens is 330 g/mol. The fourth-order valence-corrected chi connectivity index (χ4v) is 2.31. The molecule has 6 heteroatoms. The van der Waals surface area contributed by atoms with Crippen LogP contribution in [0.25, 0.3) is 0 Å². The summed E-state index contributed by atoms with van der Waals surface area (Å²) in [6.07, 6.45) is 0. The molecule has 0 aliphatic heterocycles. The van der Waals surface area contributed by atoms with Crippen LogP contribution in [0, 0.1) is 13.8 Å². The average molecular weight is 350 g/mol. The third-order valence-electron chi connectivity index (χ3n) is 3.43. The molecule has 0 saturated carbocycles. The zero-order valence-corrected chi connectivity index (χ0v) is 14.9. The molecule has 128 valence electrons. The summed E-state index contributed by atoms with van der Waals surface area (Å²) in [4.78, 5) is 12.2. The number of nitrogens with one attached hydrogen (secondary N) is 1. The third kappa shape index (κ3) is 4.32. The maximum atomic E-state index is 12.2. The van der Waals surface area contributed by atoms with Crippen molar-refractivity contribution in [3.8, 4) is 17.2 Å². The van der Waals surface area contributed by atoms with E-state index in [9.17, 15) is 4.79 Å². The predicted molar refractivity (Wildman–Crippen MR) is 94.6 cm³/mol. The Bertz CT molecular complexity index is 746. The Hall–Kier alpha value is -2.40. The van der Waals surface area contributed by atoms with Gasteiger partial charge in [-0.3, -0.25) is 4.79 Å². The van der Waals surface area contributed by atoms with E-state index in [1.165, 1.54) is 7.11 Å². The number of ether oxygens (including phenoxy) is 3. The molecule has 1 N–H and O–H groups in total. The minimum atomic E-state index is -0.308. The number of carbonyl (C=O) groups is 1. The maximum Gasteiger partial charge on any atom is 0.262 e. The number of hydrogen-bond donors (Lipinski definition) is 1. The largest absolute Gasteiger partial charge is 0.495 e. The summed E-state index contributed by atoms with van der Waals surface area (Å²) in [5, 5.41) is 3.33. The molecule has 5 nitrogen and oxygen atoms in total. The van der Waals surface area contributed by atoms with Gasteiger partial charge in [-0.2, -0.15) is 0 Å². The summed E-state index contributed by atoms with van der Waals surface area (Å²) < 4.78 is 16.0. The lowest BCUT2D eigenvalue weighted by Gasteiger charge is -2.14. The molecule has 0 aliphatic rings. The zero-order chi connectivity index (χ0) is 17.7. The molecule has 2 rings (SSSR count). The Morgan fingerprint density at radius 1 is 1.04 bits per heavy atom. The van der Waals surface area contributed by atoms with Gasteiger partial charge in [-0.05, 0) is 43.2 Å². The second-order valence-electron chi connectivity index (χ2n) is 5.29. The van der Waals surface area contributed by atoms with Crippen LogP contribution < -0.4 is 19.5 Å². The van der Waals surface area contributed by atoms with Gasteiger partial charge in [-0.1, -0.05) is 17.7 Å². The van der Waals surface area contributed by atoms with Crippen molar-refractivity contribution >= 4 is 23.2 Å². The van der Waals surface area contributed by atoms with E-state index in [4.69, 9.17) is 25.8 Å². The van der Waals surface area contributed by atoms with Crippen molar-refractivity contribution in [2.75, 3.05) is 26.1 Å². The van der Waals surface area contributed by atoms with Crippen LogP contribution in [-0.2, 0) is 4.79 Å². The van der Waals surface area contributed by atoms with Crippen molar-refractivity contribution in [2.24, 2.45) is 0 Å². The van der Waals surface area contributed by atoms with E-state index in [1.807, 2.05) is 26.0 Å². The first-order chi connectivity index (χ1) is 11.4. The highest BCUT2D eigenvalue weighted by molar-refractivity contribution is 6.31. The average Bonchev–Trinajstić information content (AvgIpc) is 2.56. The van der Waals surface area contributed by atoms with Crippen molar-refractivity contribution in [2.45, 2.75) is 13.8 Å². The molecule has 1 amide bonds. The van der Waals surface area contributed by atoms with E-state index in [-0.39, 0.29) is 12.5 Å². The quantitative estimate of drug-likeness (QED) is 0.856. The first-order valence-corrected chi connectivity index (χ1v) is 7.73. The fraction of sp³-hybridized carbons (Fsp3) is 0.278. The summed E-state index contributed by atoms with van der Waals surface area (Å²) in [5.74, 6) is 1.28. The Morgan fingerprint density at radius 2 is 1.75 bits per heavy atom. The predicted octanol–water partition coefficient (Wildman–Crippen LogP) is 3.99. The van der Waals surface area contributed by atoms with E-state index in [0.717, 1.165) is 11.1 Å². The number of hydrogen-bond acceptors (Lipinski definition) is 4. The molecule has 2 aromatic carbocycles. The second-order valence-corrected chi connectivity index (χ2v) is 5.70. The van der Waals surface area contributed by atoms with Gasteiger partial charge in [0.15, 0.2) is 18.1 Å². The number of carbonyl (C=O) groups excluding carboxylic acids is 1. The van der Waals surface area contributed by atoms with Crippen LogP contribution in [0.15, 0.2) is 30.3 Å². The number of amides is 1. The molecule has 0 radical (unpaired) electrons. The molecule has 0 atom stereocenters. The van der Waals surface area contributed by atoms with Crippen LogP contribution in [0.3, 0.4) is 0 Å². The van der Waals surface area contributed by atoms with Gasteiger partial charge in [0.05, 0.1) is 19.9 Å². The summed E-state index contributed by atoms with van der Waals surface area (Å²) in [6, 6.07) is 8.93. The first kappa shape index (κ1) is 17.9. The Morgan fingerprint density at radius 3 is 2.42 bits per heavy atom. The Labute approximate surface area is 146 Å². The van der Waals surface area contributed by atoms with E-state index in [1.54, 1.807) is 25.3 Å². The molecule has 0 fully saturated rings. The zero-order valence-electron chi connectivity index (χ0n) is 14.1. The topological polar surface area (TPSA) is 56.8 Å². The first-order valence-electron chi connectivity index (χ1n) is 7.36. The van der Waals surface area contributed by atoms with Gasteiger partial charge in [0, 0.05) is 11.1 Å². The van der Waals surface area contributed by atoms with Crippen LogP contribution in [0.1, 0.15) is 11.1 Å². The fourth-order valence-electron chi connectivity index (χ4n) is 2.15. The van der Waals surface area contributed by atoms with Crippen molar-refractivity contribution < 1.29 is 19.0 Å². The summed E-state index contributed by atoms with van der Waals surface area (Å²) >= 11 is 6.06.